The van der Waals surface area contributed by atoms with Gasteiger partial charge in [0, 0.05) is 12.1 Å². The molecule has 3 aromatic carbocycles. The maximum atomic E-state index is 6.45. The second-order valence-electron chi connectivity index (χ2n) is 7.93. The van der Waals surface area contributed by atoms with Gasteiger partial charge in [-0.1, -0.05) is 49.7 Å². The van der Waals surface area contributed by atoms with Crippen LogP contribution in [0.1, 0.15) is 44.7 Å². The Hall–Kier alpha value is -2.19. The van der Waals surface area contributed by atoms with Crippen molar-refractivity contribution >= 4 is 10.9 Å². The number of hydrogen-bond donors (Lipinski definition) is 0. The summed E-state index contributed by atoms with van der Waals surface area (Å²) in [6.07, 6.45) is 2.17. The van der Waals surface area contributed by atoms with Gasteiger partial charge in [-0.3, -0.25) is 0 Å². The number of ether oxygens (including phenoxy) is 1. The van der Waals surface area contributed by atoms with Gasteiger partial charge in [-0.05, 0) is 69.5 Å². The minimum atomic E-state index is -0.146. The standard InChI is InChI=1S/C26H31OS/c1-6-17-26(4,5)27-25-20(2)18-24(19-21(25)3)28(22-13-9-7-10-14-22)23-15-11-8-12-16-23/h7-16,18-19H,6,17H2,1-5H3/q+1. The molecule has 2 heteroatoms. The van der Waals surface area contributed by atoms with Gasteiger partial charge in [0.1, 0.15) is 11.4 Å². The minimum absolute atomic E-state index is 0.126. The van der Waals surface area contributed by atoms with Crippen molar-refractivity contribution in [3.05, 3.63) is 83.9 Å². The molecule has 0 aliphatic carbocycles. The third-order valence-corrected chi connectivity index (χ3v) is 7.05. The Balaban J connectivity index is 2.05. The Labute approximate surface area is 173 Å². The van der Waals surface area contributed by atoms with E-state index in [2.05, 4.69) is 107 Å². The van der Waals surface area contributed by atoms with Crippen molar-refractivity contribution < 1.29 is 4.74 Å². The fourth-order valence-corrected chi connectivity index (χ4v) is 5.90. The zero-order valence-electron chi connectivity index (χ0n) is 17.7. The molecule has 0 radical (unpaired) electrons. The van der Waals surface area contributed by atoms with Gasteiger partial charge in [0.2, 0.25) is 0 Å². The molecule has 0 aromatic heterocycles. The molecule has 0 amide bonds. The van der Waals surface area contributed by atoms with Crippen molar-refractivity contribution in [1.82, 2.24) is 0 Å². The summed E-state index contributed by atoms with van der Waals surface area (Å²) in [5, 5.41) is 0. The van der Waals surface area contributed by atoms with Crippen LogP contribution in [0.2, 0.25) is 0 Å². The van der Waals surface area contributed by atoms with Crippen LogP contribution in [0.4, 0.5) is 0 Å². The topological polar surface area (TPSA) is 9.23 Å². The monoisotopic (exact) mass is 391 g/mol. The highest BCUT2D eigenvalue weighted by Gasteiger charge is 2.30. The van der Waals surface area contributed by atoms with E-state index < -0.39 is 0 Å². The third kappa shape index (κ3) is 4.80. The second kappa shape index (κ2) is 8.87. The van der Waals surface area contributed by atoms with Crippen molar-refractivity contribution in [2.75, 3.05) is 0 Å². The predicted octanol–water partition coefficient (Wildman–Crippen LogP) is 7.36. The second-order valence-corrected chi connectivity index (χ2v) is 9.96. The van der Waals surface area contributed by atoms with E-state index in [1.54, 1.807) is 0 Å². The molecule has 0 fully saturated rings. The van der Waals surface area contributed by atoms with E-state index in [0.717, 1.165) is 18.6 Å². The summed E-state index contributed by atoms with van der Waals surface area (Å²) >= 11 is 0. The Morgan fingerprint density at radius 3 is 1.64 bits per heavy atom. The van der Waals surface area contributed by atoms with E-state index in [-0.39, 0.29) is 16.5 Å². The summed E-state index contributed by atoms with van der Waals surface area (Å²) in [5.41, 5.74) is 2.28. The number of rotatable bonds is 7. The molecule has 0 atom stereocenters. The smallest absolute Gasteiger partial charge is 0.167 e. The van der Waals surface area contributed by atoms with E-state index >= 15 is 0 Å². The molecule has 0 spiro atoms. The van der Waals surface area contributed by atoms with Crippen LogP contribution in [0.25, 0.3) is 0 Å². The van der Waals surface area contributed by atoms with Crippen molar-refractivity contribution in [3.63, 3.8) is 0 Å². The Morgan fingerprint density at radius 2 is 1.21 bits per heavy atom. The normalized spacial score (nSPS) is 11.6. The fourth-order valence-electron chi connectivity index (χ4n) is 3.64. The summed E-state index contributed by atoms with van der Waals surface area (Å²) in [4.78, 5) is 4.02. The molecule has 1 nitrogen and oxygen atoms in total. The molecule has 28 heavy (non-hydrogen) atoms. The van der Waals surface area contributed by atoms with Crippen LogP contribution in [0.15, 0.2) is 87.5 Å². The highest BCUT2D eigenvalue weighted by Crippen LogP contribution is 2.36. The van der Waals surface area contributed by atoms with E-state index in [0.29, 0.717) is 0 Å². The largest absolute Gasteiger partial charge is 0.487 e. The fraction of sp³-hybridized carbons (Fsp3) is 0.308. The third-order valence-electron chi connectivity index (χ3n) is 4.86. The minimum Gasteiger partial charge on any atom is -0.487 e. The van der Waals surface area contributed by atoms with E-state index in [9.17, 15) is 0 Å². The summed E-state index contributed by atoms with van der Waals surface area (Å²) in [5.74, 6) is 1.03. The van der Waals surface area contributed by atoms with Crippen molar-refractivity contribution in [2.45, 2.75) is 67.7 Å². The first-order chi connectivity index (χ1) is 13.4. The van der Waals surface area contributed by atoms with Gasteiger partial charge in [0.25, 0.3) is 0 Å². The summed E-state index contributed by atoms with van der Waals surface area (Å²) in [6.45, 7) is 10.9. The quantitative estimate of drug-likeness (QED) is 0.382. The summed E-state index contributed by atoms with van der Waals surface area (Å²) in [7, 11) is -0.126. The molecule has 0 aliphatic heterocycles. The Bertz CT molecular complexity index is 838. The first-order valence-electron chi connectivity index (χ1n) is 10.1. The summed E-state index contributed by atoms with van der Waals surface area (Å²) < 4.78 is 6.45. The molecule has 3 rings (SSSR count). The molecular weight excluding hydrogens is 360 g/mol. The van der Waals surface area contributed by atoms with Crippen molar-refractivity contribution in [3.8, 4) is 5.75 Å². The van der Waals surface area contributed by atoms with E-state index in [1.165, 1.54) is 25.8 Å². The highest BCUT2D eigenvalue weighted by atomic mass is 32.2. The zero-order chi connectivity index (χ0) is 20.1. The Kier molecular flexibility index (Phi) is 6.51. The van der Waals surface area contributed by atoms with Crippen LogP contribution in [0, 0.1) is 13.8 Å². The van der Waals surface area contributed by atoms with Crippen LogP contribution in [0.5, 0.6) is 5.75 Å². The lowest BCUT2D eigenvalue weighted by Gasteiger charge is -2.28. The average molecular weight is 392 g/mol. The van der Waals surface area contributed by atoms with Crippen LogP contribution in [-0.2, 0) is 10.9 Å². The van der Waals surface area contributed by atoms with E-state index in [4.69, 9.17) is 4.74 Å². The van der Waals surface area contributed by atoms with Crippen LogP contribution in [0.3, 0.4) is 0 Å². The SMILES string of the molecule is CCCC(C)(C)Oc1c(C)cc([S+](c2ccccc2)c2ccccc2)cc1C. The molecule has 146 valence electrons. The lowest BCUT2D eigenvalue weighted by Crippen LogP contribution is -2.28. The van der Waals surface area contributed by atoms with Crippen LogP contribution >= 0.6 is 0 Å². The molecule has 0 saturated carbocycles. The summed E-state index contributed by atoms with van der Waals surface area (Å²) in [6, 6.07) is 26.2. The van der Waals surface area contributed by atoms with E-state index in [1.807, 2.05) is 0 Å². The molecule has 3 aromatic rings. The van der Waals surface area contributed by atoms with Gasteiger partial charge in [0.15, 0.2) is 14.7 Å². The molecular formula is C26H31OS+. The maximum Gasteiger partial charge on any atom is 0.167 e. The van der Waals surface area contributed by atoms with Gasteiger partial charge >= 0.3 is 0 Å². The lowest BCUT2D eigenvalue weighted by atomic mass is 10.0. The van der Waals surface area contributed by atoms with Crippen LogP contribution in [-0.4, -0.2) is 5.60 Å². The lowest BCUT2D eigenvalue weighted by molar-refractivity contribution is 0.0966. The average Bonchev–Trinajstić information content (AvgIpc) is 2.67. The molecule has 0 bridgehead atoms. The predicted molar refractivity (Wildman–Crippen MR) is 121 cm³/mol. The molecule has 0 heterocycles. The maximum absolute atomic E-state index is 6.45. The number of benzene rings is 3. The number of hydrogen-bond acceptors (Lipinski definition) is 1. The van der Waals surface area contributed by atoms with Gasteiger partial charge in [-0.15, -0.1) is 0 Å². The Morgan fingerprint density at radius 1 is 0.750 bits per heavy atom. The van der Waals surface area contributed by atoms with Gasteiger partial charge in [-0.2, -0.15) is 0 Å². The highest BCUT2D eigenvalue weighted by molar-refractivity contribution is 7.97. The zero-order valence-corrected chi connectivity index (χ0v) is 18.5. The van der Waals surface area contributed by atoms with Crippen molar-refractivity contribution in [1.29, 1.82) is 0 Å². The molecule has 0 saturated heterocycles. The van der Waals surface area contributed by atoms with Crippen LogP contribution < -0.4 is 4.74 Å². The van der Waals surface area contributed by atoms with Gasteiger partial charge in [0.05, 0.1) is 10.9 Å². The first kappa shape index (κ1) is 20.5. The van der Waals surface area contributed by atoms with Gasteiger partial charge < -0.3 is 4.74 Å². The van der Waals surface area contributed by atoms with Gasteiger partial charge in [-0.25, -0.2) is 0 Å². The first-order valence-corrected chi connectivity index (χ1v) is 11.3. The number of aryl methyl sites for hydroxylation is 2. The molecule has 0 unspecified atom stereocenters. The molecule has 0 N–H and O–H groups in total. The van der Waals surface area contributed by atoms with Crippen molar-refractivity contribution in [2.24, 2.45) is 0 Å². The molecule has 0 aliphatic rings.